The molecule has 6 rings (SSSR count). The molecule has 0 radical (unpaired) electrons. The van der Waals surface area contributed by atoms with Crippen LogP contribution in [0.25, 0.3) is 6.08 Å². The van der Waals surface area contributed by atoms with Crippen molar-refractivity contribution in [3.8, 4) is 11.5 Å². The Labute approximate surface area is 263 Å². The molecule has 0 bridgehead atoms. The summed E-state index contributed by atoms with van der Waals surface area (Å²) in [6.45, 7) is 7.17. The van der Waals surface area contributed by atoms with Gasteiger partial charge in [-0.05, 0) is 92.3 Å². The number of ether oxygens (including phenoxy) is 3. The fourth-order valence-corrected chi connectivity index (χ4v) is 6.46. The van der Waals surface area contributed by atoms with Crippen molar-refractivity contribution < 1.29 is 23.9 Å². The zero-order valence-corrected chi connectivity index (χ0v) is 25.7. The van der Waals surface area contributed by atoms with Crippen LogP contribution in [-0.2, 0) is 4.74 Å². The number of hydrazone groups is 1. The number of nitrogens with zero attached hydrogens (tertiary/aromatic N) is 4. The van der Waals surface area contributed by atoms with Crippen molar-refractivity contribution in [3.05, 3.63) is 99.1 Å². The average Bonchev–Trinajstić information content (AvgIpc) is 3.47. The lowest BCUT2D eigenvalue weighted by molar-refractivity contribution is -0.384. The Bertz CT molecular complexity index is 1600. The molecule has 0 N–H and O–H groups in total. The largest absolute Gasteiger partial charge is 0.494 e. The molecule has 3 aliphatic rings. The Kier molecular flexibility index (Phi) is 9.11. The van der Waals surface area contributed by atoms with E-state index in [1.165, 1.54) is 6.07 Å². The molecule has 1 saturated carbocycles. The van der Waals surface area contributed by atoms with Gasteiger partial charge in [0.2, 0.25) is 0 Å². The van der Waals surface area contributed by atoms with E-state index in [0.29, 0.717) is 45.2 Å². The summed E-state index contributed by atoms with van der Waals surface area (Å²) >= 11 is 0. The van der Waals surface area contributed by atoms with Crippen LogP contribution in [0.2, 0.25) is 0 Å². The maximum absolute atomic E-state index is 14.3. The van der Waals surface area contributed by atoms with Crippen LogP contribution >= 0.6 is 0 Å². The highest BCUT2D eigenvalue weighted by molar-refractivity contribution is 6.09. The molecule has 1 saturated heterocycles. The lowest BCUT2D eigenvalue weighted by Gasteiger charge is -2.30. The number of carbonyl (C=O) groups excluding carboxylic acids is 1. The summed E-state index contributed by atoms with van der Waals surface area (Å²) in [5, 5.41) is 18.7. The fourth-order valence-electron chi connectivity index (χ4n) is 6.46. The monoisotopic (exact) mass is 610 g/mol. The molecule has 1 amide bonds. The van der Waals surface area contributed by atoms with Crippen molar-refractivity contribution in [2.75, 3.05) is 44.4 Å². The number of rotatable bonds is 9. The van der Waals surface area contributed by atoms with E-state index >= 15 is 0 Å². The van der Waals surface area contributed by atoms with Crippen molar-refractivity contribution >= 4 is 29.1 Å². The summed E-state index contributed by atoms with van der Waals surface area (Å²) < 4.78 is 16.7. The van der Waals surface area contributed by atoms with Gasteiger partial charge in [0.15, 0.2) is 0 Å². The normalized spacial score (nSPS) is 20.5. The molecule has 2 atom stereocenters. The van der Waals surface area contributed by atoms with E-state index in [0.717, 1.165) is 53.2 Å². The van der Waals surface area contributed by atoms with Gasteiger partial charge in [0, 0.05) is 30.6 Å². The van der Waals surface area contributed by atoms with Gasteiger partial charge >= 0.3 is 0 Å². The van der Waals surface area contributed by atoms with Crippen molar-refractivity contribution in [1.29, 1.82) is 0 Å². The highest BCUT2D eigenvalue weighted by atomic mass is 16.6. The van der Waals surface area contributed by atoms with Crippen LogP contribution in [0, 0.1) is 16.0 Å². The first-order valence-corrected chi connectivity index (χ1v) is 15.7. The van der Waals surface area contributed by atoms with Gasteiger partial charge in [0.25, 0.3) is 11.6 Å². The van der Waals surface area contributed by atoms with Crippen LogP contribution in [0.3, 0.4) is 0 Å². The second-order valence-corrected chi connectivity index (χ2v) is 11.3. The number of hydrogen-bond acceptors (Lipinski definition) is 8. The molecule has 2 aliphatic heterocycles. The van der Waals surface area contributed by atoms with Crippen LogP contribution < -0.4 is 14.4 Å². The molecule has 0 aromatic heterocycles. The number of amides is 1. The summed E-state index contributed by atoms with van der Waals surface area (Å²) in [4.78, 5) is 28.0. The highest BCUT2D eigenvalue weighted by Gasteiger charge is 2.44. The highest BCUT2D eigenvalue weighted by Crippen LogP contribution is 2.45. The Hall–Kier alpha value is -4.70. The van der Waals surface area contributed by atoms with E-state index in [9.17, 15) is 14.9 Å². The number of morpholine rings is 1. The second kappa shape index (κ2) is 13.5. The van der Waals surface area contributed by atoms with E-state index in [4.69, 9.17) is 19.3 Å². The maximum atomic E-state index is 14.3. The molecule has 45 heavy (non-hydrogen) atoms. The quantitative estimate of drug-likeness (QED) is 0.197. The number of carbonyl (C=O) groups is 1. The lowest BCUT2D eigenvalue weighted by atomic mass is 9.77. The standard InChI is InChI=1S/C35H38N4O6/c1-3-44-28-13-8-24(9-14-28)22-26-6-5-7-30-33(26)36-38(34(30)25-10-15-29(16-11-25)45-4-2)35(40)27-12-17-31(32(23-27)39(41)42)37-18-20-43-21-19-37/h8-17,22-23,30,34H,3-7,18-21H2,1-2H3. The number of fused-ring (bicyclic) bond motifs is 1. The second-order valence-electron chi connectivity index (χ2n) is 11.3. The van der Waals surface area contributed by atoms with Gasteiger partial charge in [-0.2, -0.15) is 5.10 Å². The Morgan fingerprint density at radius 2 is 1.67 bits per heavy atom. The first-order chi connectivity index (χ1) is 22.0. The molecular weight excluding hydrogens is 572 g/mol. The third kappa shape index (κ3) is 6.42. The van der Waals surface area contributed by atoms with Crippen molar-refractivity contribution in [2.24, 2.45) is 11.0 Å². The number of allylic oxidation sites excluding steroid dienone is 1. The van der Waals surface area contributed by atoms with Gasteiger partial charge in [-0.3, -0.25) is 14.9 Å². The summed E-state index contributed by atoms with van der Waals surface area (Å²) in [6.07, 6.45) is 4.82. The number of anilines is 1. The Morgan fingerprint density at radius 1 is 1.00 bits per heavy atom. The number of nitro benzene ring substituents is 1. The van der Waals surface area contributed by atoms with E-state index in [-0.39, 0.29) is 29.1 Å². The molecular formula is C35H38N4O6. The molecule has 10 heteroatoms. The molecule has 2 heterocycles. The molecule has 234 valence electrons. The van der Waals surface area contributed by atoms with Crippen LogP contribution in [0.1, 0.15) is 60.6 Å². The first-order valence-electron chi connectivity index (χ1n) is 15.7. The van der Waals surface area contributed by atoms with Gasteiger partial charge in [-0.1, -0.05) is 24.3 Å². The molecule has 2 fully saturated rings. The minimum absolute atomic E-state index is 0.0165. The SMILES string of the molecule is CCOc1ccc(C=C2CCCC3C2=NN(C(=O)c2ccc(N4CCOCC4)c([N+](=O)[O-])c2)C3c2ccc(OCC)cc2)cc1. The molecule has 3 aromatic carbocycles. The van der Waals surface area contributed by atoms with Crippen LogP contribution in [-0.4, -0.2) is 61.1 Å². The Morgan fingerprint density at radius 3 is 2.31 bits per heavy atom. The van der Waals surface area contributed by atoms with E-state index in [1.54, 1.807) is 17.1 Å². The zero-order valence-electron chi connectivity index (χ0n) is 25.7. The zero-order chi connectivity index (χ0) is 31.3. The van der Waals surface area contributed by atoms with Gasteiger partial charge in [-0.15, -0.1) is 0 Å². The molecule has 3 aromatic rings. The van der Waals surface area contributed by atoms with Crippen LogP contribution in [0.4, 0.5) is 11.4 Å². The van der Waals surface area contributed by atoms with E-state index < -0.39 is 4.92 Å². The van der Waals surface area contributed by atoms with Crippen molar-refractivity contribution in [3.63, 3.8) is 0 Å². The van der Waals surface area contributed by atoms with Crippen LogP contribution in [0.15, 0.2) is 77.4 Å². The van der Waals surface area contributed by atoms with Gasteiger partial charge in [0.1, 0.15) is 17.2 Å². The fraction of sp³-hybridized carbons (Fsp3) is 0.371. The summed E-state index contributed by atoms with van der Waals surface area (Å²) in [6, 6.07) is 20.2. The predicted molar refractivity (Wildman–Crippen MR) is 173 cm³/mol. The number of nitro groups is 1. The van der Waals surface area contributed by atoms with Gasteiger partial charge < -0.3 is 19.1 Å². The minimum atomic E-state index is -0.418. The molecule has 10 nitrogen and oxygen atoms in total. The topological polar surface area (TPSA) is 107 Å². The Balaban J connectivity index is 1.38. The molecule has 1 aliphatic carbocycles. The maximum Gasteiger partial charge on any atom is 0.293 e. The minimum Gasteiger partial charge on any atom is -0.494 e. The molecule has 2 unspecified atom stereocenters. The van der Waals surface area contributed by atoms with Gasteiger partial charge in [0.05, 0.1) is 43.1 Å². The van der Waals surface area contributed by atoms with Crippen LogP contribution in [0.5, 0.6) is 11.5 Å². The lowest BCUT2D eigenvalue weighted by Crippen LogP contribution is -2.36. The van der Waals surface area contributed by atoms with Gasteiger partial charge in [-0.25, -0.2) is 5.01 Å². The average molecular weight is 611 g/mol. The first kappa shape index (κ1) is 30.3. The third-order valence-electron chi connectivity index (χ3n) is 8.55. The van der Waals surface area contributed by atoms with E-state index in [2.05, 4.69) is 6.08 Å². The summed E-state index contributed by atoms with van der Waals surface area (Å²) in [7, 11) is 0. The summed E-state index contributed by atoms with van der Waals surface area (Å²) in [5.41, 5.74) is 4.59. The van der Waals surface area contributed by atoms with E-state index in [1.807, 2.05) is 67.3 Å². The van der Waals surface area contributed by atoms with Crippen molar-refractivity contribution in [1.82, 2.24) is 5.01 Å². The third-order valence-corrected chi connectivity index (χ3v) is 8.55. The molecule has 0 spiro atoms. The summed E-state index contributed by atoms with van der Waals surface area (Å²) in [5.74, 6) is 1.19. The van der Waals surface area contributed by atoms with Crippen molar-refractivity contribution in [2.45, 2.75) is 39.2 Å². The number of hydrogen-bond donors (Lipinski definition) is 0. The predicted octanol–water partition coefficient (Wildman–Crippen LogP) is 6.67. The smallest absolute Gasteiger partial charge is 0.293 e. The number of benzene rings is 3.